The smallest absolute Gasteiger partial charge is 0.0507 e. The maximum atomic E-state index is 5.74. The van der Waals surface area contributed by atoms with Crippen molar-refractivity contribution in [3.63, 3.8) is 0 Å². The summed E-state index contributed by atoms with van der Waals surface area (Å²) in [6, 6.07) is 0.236. The number of rotatable bonds is 4. The van der Waals surface area contributed by atoms with Crippen LogP contribution in [0.2, 0.25) is 0 Å². The minimum atomic E-state index is 0.236. The molecule has 2 nitrogen and oxygen atoms in total. The van der Waals surface area contributed by atoms with Gasteiger partial charge in [-0.3, -0.25) is 0 Å². The van der Waals surface area contributed by atoms with Gasteiger partial charge in [0, 0.05) is 13.2 Å². The molecule has 62 valence electrons. The van der Waals surface area contributed by atoms with Crippen LogP contribution in [0.15, 0.2) is 0 Å². The van der Waals surface area contributed by atoms with E-state index in [-0.39, 0.29) is 6.04 Å². The molecule has 0 aromatic carbocycles. The molecule has 0 aliphatic carbocycles. The molecule has 2 atom stereocenters. The highest BCUT2D eigenvalue weighted by Crippen LogP contribution is 2.13. The molecule has 2 heteroatoms. The number of hydrogen-bond donors (Lipinski definition) is 1. The highest BCUT2D eigenvalue weighted by Gasteiger charge is 2.16. The number of nitrogens with two attached hydrogens (primary N) is 1. The van der Waals surface area contributed by atoms with Crippen LogP contribution in [0, 0.1) is 11.8 Å². The molecule has 0 aromatic heterocycles. The van der Waals surface area contributed by atoms with Crippen LogP contribution < -0.4 is 5.73 Å². The first-order chi connectivity index (χ1) is 4.59. The molecular weight excluding hydrogens is 126 g/mol. The third-order valence-electron chi connectivity index (χ3n) is 1.89. The molecule has 0 aromatic rings. The van der Waals surface area contributed by atoms with E-state index in [1.807, 2.05) is 6.92 Å². The Morgan fingerprint density at radius 3 is 1.90 bits per heavy atom. The first-order valence-electron chi connectivity index (χ1n) is 3.84. The molecule has 10 heavy (non-hydrogen) atoms. The Balaban J connectivity index is 3.73. The van der Waals surface area contributed by atoms with Gasteiger partial charge in [-0.25, -0.2) is 0 Å². The van der Waals surface area contributed by atoms with Crippen LogP contribution in [0.1, 0.15) is 20.8 Å². The van der Waals surface area contributed by atoms with Gasteiger partial charge in [-0.2, -0.15) is 0 Å². The van der Waals surface area contributed by atoms with Crippen LogP contribution in [0.5, 0.6) is 0 Å². The summed E-state index contributed by atoms with van der Waals surface area (Å²) in [5.41, 5.74) is 5.74. The second kappa shape index (κ2) is 4.69. The molecule has 0 aliphatic heterocycles. The zero-order chi connectivity index (χ0) is 8.15. The molecule has 2 unspecified atom stereocenters. The van der Waals surface area contributed by atoms with E-state index in [2.05, 4.69) is 13.8 Å². The fourth-order valence-corrected chi connectivity index (χ4v) is 1.14. The summed E-state index contributed by atoms with van der Waals surface area (Å²) >= 11 is 0. The lowest BCUT2D eigenvalue weighted by Crippen LogP contribution is -2.33. The van der Waals surface area contributed by atoms with Crippen LogP contribution in [0.4, 0.5) is 0 Å². The Morgan fingerprint density at radius 1 is 1.30 bits per heavy atom. The fraction of sp³-hybridized carbons (Fsp3) is 1.00. The van der Waals surface area contributed by atoms with Crippen molar-refractivity contribution >= 4 is 0 Å². The van der Waals surface area contributed by atoms with Gasteiger partial charge in [-0.1, -0.05) is 13.8 Å². The molecule has 0 saturated heterocycles. The molecule has 0 aliphatic rings. The third-order valence-corrected chi connectivity index (χ3v) is 1.89. The highest BCUT2D eigenvalue weighted by molar-refractivity contribution is 4.70. The number of hydrogen-bond acceptors (Lipinski definition) is 2. The van der Waals surface area contributed by atoms with Gasteiger partial charge in [0.25, 0.3) is 0 Å². The van der Waals surface area contributed by atoms with E-state index in [4.69, 9.17) is 10.5 Å². The van der Waals surface area contributed by atoms with Gasteiger partial charge < -0.3 is 10.5 Å². The summed E-state index contributed by atoms with van der Waals surface area (Å²) in [7, 11) is 1.72. The highest BCUT2D eigenvalue weighted by atomic mass is 16.5. The summed E-state index contributed by atoms with van der Waals surface area (Å²) in [4.78, 5) is 0. The molecular formula is C8H19NO. The van der Waals surface area contributed by atoms with E-state index >= 15 is 0 Å². The average molecular weight is 145 g/mol. The van der Waals surface area contributed by atoms with E-state index in [1.54, 1.807) is 7.11 Å². The second-order valence-corrected chi connectivity index (χ2v) is 3.22. The topological polar surface area (TPSA) is 35.2 Å². The van der Waals surface area contributed by atoms with Crippen LogP contribution in [0.25, 0.3) is 0 Å². The summed E-state index contributed by atoms with van der Waals surface area (Å²) in [6.07, 6.45) is 0. The maximum absolute atomic E-state index is 5.74. The van der Waals surface area contributed by atoms with Crippen molar-refractivity contribution in [3.8, 4) is 0 Å². The summed E-state index contributed by atoms with van der Waals surface area (Å²) < 4.78 is 5.05. The lowest BCUT2D eigenvalue weighted by atomic mass is 9.91. The largest absolute Gasteiger partial charge is 0.384 e. The van der Waals surface area contributed by atoms with Crippen molar-refractivity contribution in [3.05, 3.63) is 0 Å². The van der Waals surface area contributed by atoms with Gasteiger partial charge in [0.15, 0.2) is 0 Å². The van der Waals surface area contributed by atoms with Gasteiger partial charge in [0.1, 0.15) is 0 Å². The molecule has 0 rings (SSSR count). The second-order valence-electron chi connectivity index (χ2n) is 3.22. The average Bonchev–Trinajstić information content (AvgIpc) is 1.81. The van der Waals surface area contributed by atoms with Crippen LogP contribution >= 0.6 is 0 Å². The molecule has 0 radical (unpaired) electrons. The van der Waals surface area contributed by atoms with Gasteiger partial charge in [0.2, 0.25) is 0 Å². The van der Waals surface area contributed by atoms with Gasteiger partial charge in [-0.15, -0.1) is 0 Å². The van der Waals surface area contributed by atoms with E-state index in [0.29, 0.717) is 11.8 Å². The Morgan fingerprint density at radius 2 is 1.80 bits per heavy atom. The third kappa shape index (κ3) is 3.18. The summed E-state index contributed by atoms with van der Waals surface area (Å²) in [5, 5.41) is 0. The van der Waals surface area contributed by atoms with Crippen LogP contribution in [-0.4, -0.2) is 19.8 Å². The molecule has 0 amide bonds. The summed E-state index contributed by atoms with van der Waals surface area (Å²) in [6.45, 7) is 7.15. The first-order valence-corrected chi connectivity index (χ1v) is 3.84. The molecule has 0 heterocycles. The lowest BCUT2D eigenvalue weighted by Gasteiger charge is -2.23. The van der Waals surface area contributed by atoms with E-state index in [1.165, 1.54) is 0 Å². The van der Waals surface area contributed by atoms with Crippen molar-refractivity contribution in [1.29, 1.82) is 0 Å². The minimum absolute atomic E-state index is 0.236. The van der Waals surface area contributed by atoms with Crippen molar-refractivity contribution in [2.45, 2.75) is 26.8 Å². The zero-order valence-corrected chi connectivity index (χ0v) is 7.42. The minimum Gasteiger partial charge on any atom is -0.384 e. The Bertz CT molecular complexity index is 73.3. The van der Waals surface area contributed by atoms with Crippen molar-refractivity contribution in [2.75, 3.05) is 13.7 Å². The predicted molar refractivity (Wildman–Crippen MR) is 43.9 cm³/mol. The lowest BCUT2D eigenvalue weighted by molar-refractivity contribution is 0.117. The van der Waals surface area contributed by atoms with E-state index < -0.39 is 0 Å². The normalized spacial score (nSPS) is 17.4. The van der Waals surface area contributed by atoms with Gasteiger partial charge in [-0.05, 0) is 18.8 Å². The zero-order valence-electron chi connectivity index (χ0n) is 7.42. The van der Waals surface area contributed by atoms with Crippen molar-refractivity contribution in [1.82, 2.24) is 0 Å². The fourth-order valence-electron chi connectivity index (χ4n) is 1.14. The Hall–Kier alpha value is -0.0800. The van der Waals surface area contributed by atoms with Gasteiger partial charge >= 0.3 is 0 Å². The molecule has 0 bridgehead atoms. The Kier molecular flexibility index (Phi) is 4.65. The molecule has 0 fully saturated rings. The number of methoxy groups -OCH3 is 1. The van der Waals surface area contributed by atoms with Crippen LogP contribution in [0.3, 0.4) is 0 Å². The van der Waals surface area contributed by atoms with E-state index in [9.17, 15) is 0 Å². The first kappa shape index (κ1) is 9.92. The van der Waals surface area contributed by atoms with Crippen LogP contribution in [-0.2, 0) is 4.74 Å². The molecule has 0 saturated carbocycles. The quantitative estimate of drug-likeness (QED) is 0.646. The number of ether oxygens (including phenoxy) is 1. The monoisotopic (exact) mass is 145 g/mol. The standard InChI is InChI=1S/C8H19NO/c1-6(2)8(5-10-4)7(3)9/h6-8H,5,9H2,1-4H3. The Labute approximate surface area is 63.7 Å². The molecule has 0 spiro atoms. The van der Waals surface area contributed by atoms with E-state index in [0.717, 1.165) is 6.61 Å². The predicted octanol–water partition coefficient (Wildman–Crippen LogP) is 1.25. The SMILES string of the molecule is COCC(C(C)C)C(C)N. The van der Waals surface area contributed by atoms with Crippen molar-refractivity contribution < 1.29 is 4.74 Å². The summed E-state index contributed by atoms with van der Waals surface area (Å²) in [5.74, 6) is 1.10. The molecule has 2 N–H and O–H groups in total. The maximum Gasteiger partial charge on any atom is 0.0507 e. The van der Waals surface area contributed by atoms with Gasteiger partial charge in [0.05, 0.1) is 6.61 Å². The van der Waals surface area contributed by atoms with Crippen molar-refractivity contribution in [2.24, 2.45) is 17.6 Å².